The summed E-state index contributed by atoms with van der Waals surface area (Å²) < 4.78 is 22.6. The van der Waals surface area contributed by atoms with Crippen LogP contribution in [0.25, 0.3) is 0 Å². The molecule has 0 bridgehead atoms. The maximum Gasteiger partial charge on any atom is 0.151 e. The Morgan fingerprint density at radius 1 is 1.33 bits per heavy atom. The van der Waals surface area contributed by atoms with E-state index in [4.69, 9.17) is 0 Å². The third-order valence-electron chi connectivity index (χ3n) is 4.07. The zero-order valence-electron chi connectivity index (χ0n) is 11.4. The molecule has 2 unspecified atom stereocenters. The fourth-order valence-corrected chi connectivity index (χ4v) is 4.53. The molecule has 0 spiro atoms. The molecule has 0 saturated carbocycles. The summed E-state index contributed by atoms with van der Waals surface area (Å²) in [6.45, 7) is 4.23. The highest BCUT2D eigenvalue weighted by Gasteiger charge is 2.28. The largest absolute Gasteiger partial charge is 0.312 e. The lowest BCUT2D eigenvalue weighted by Crippen LogP contribution is -2.38. The number of likely N-dealkylation sites (N-methyl/N-ethyl adjacent to an activating group) is 1. The van der Waals surface area contributed by atoms with Crippen molar-refractivity contribution in [2.45, 2.75) is 24.9 Å². The summed E-state index contributed by atoms with van der Waals surface area (Å²) >= 11 is 0. The molecule has 106 valence electrons. The lowest BCUT2D eigenvalue weighted by molar-refractivity contribution is 0.267. The Balaban J connectivity index is 1.62. The van der Waals surface area contributed by atoms with Crippen LogP contribution in [0.5, 0.6) is 0 Å². The number of likely N-dealkylation sites (tertiary alicyclic amines) is 1. The van der Waals surface area contributed by atoms with Crippen molar-refractivity contribution in [3.05, 3.63) is 0 Å². The molecule has 2 aliphatic heterocycles. The molecule has 0 radical (unpaired) electrons. The third-order valence-corrected chi connectivity index (χ3v) is 5.84. The van der Waals surface area contributed by atoms with Crippen LogP contribution in [0.2, 0.25) is 0 Å². The van der Waals surface area contributed by atoms with Gasteiger partial charge in [-0.05, 0) is 33.5 Å². The molecule has 18 heavy (non-hydrogen) atoms. The molecule has 2 aliphatic rings. The van der Waals surface area contributed by atoms with E-state index in [9.17, 15) is 8.42 Å². The summed E-state index contributed by atoms with van der Waals surface area (Å²) in [7, 11) is 1.52. The van der Waals surface area contributed by atoms with Gasteiger partial charge in [-0.1, -0.05) is 0 Å². The normalized spacial score (nSPS) is 32.4. The molecule has 6 heteroatoms. The zero-order valence-corrected chi connectivity index (χ0v) is 12.2. The fraction of sp³-hybridized carbons (Fsp3) is 1.00. The molecule has 0 aromatic rings. The molecule has 0 aromatic carbocycles. The molecule has 0 aromatic heterocycles. The van der Waals surface area contributed by atoms with E-state index in [1.54, 1.807) is 0 Å². The van der Waals surface area contributed by atoms with Crippen LogP contribution in [-0.2, 0) is 9.84 Å². The summed E-state index contributed by atoms with van der Waals surface area (Å²) in [5.41, 5.74) is 0. The Labute approximate surface area is 110 Å². The van der Waals surface area contributed by atoms with Crippen molar-refractivity contribution in [3.63, 3.8) is 0 Å². The number of hydrogen-bond acceptors (Lipinski definition) is 5. The van der Waals surface area contributed by atoms with Crippen molar-refractivity contribution >= 4 is 9.84 Å². The van der Waals surface area contributed by atoms with E-state index in [1.807, 2.05) is 0 Å². The molecule has 2 atom stereocenters. The maximum atomic E-state index is 11.3. The second-order valence-corrected chi connectivity index (χ2v) is 7.99. The Morgan fingerprint density at radius 2 is 2.11 bits per heavy atom. The predicted molar refractivity (Wildman–Crippen MR) is 73.6 cm³/mol. The molecule has 0 aliphatic carbocycles. The lowest BCUT2D eigenvalue weighted by atomic mass is 10.2. The van der Waals surface area contributed by atoms with Crippen molar-refractivity contribution in [3.8, 4) is 0 Å². The summed E-state index contributed by atoms with van der Waals surface area (Å²) in [6, 6.07) is 0.860. The minimum atomic E-state index is -2.75. The quantitative estimate of drug-likeness (QED) is 0.726. The first kappa shape index (κ1) is 14.2. The fourth-order valence-electron chi connectivity index (χ4n) is 2.82. The zero-order chi connectivity index (χ0) is 13.2. The number of rotatable bonds is 5. The van der Waals surface area contributed by atoms with Gasteiger partial charge in [0.2, 0.25) is 0 Å². The van der Waals surface area contributed by atoms with E-state index in [1.165, 1.54) is 6.42 Å². The van der Waals surface area contributed by atoms with Crippen LogP contribution in [-0.4, -0.2) is 82.1 Å². The van der Waals surface area contributed by atoms with Gasteiger partial charge in [0, 0.05) is 31.7 Å². The standard InChI is InChI=1S/C12H25N3O2S/c1-14(2)12-3-6-15(9-12)7-5-13-11-4-8-18(16,17)10-11/h11-13H,3-10H2,1-2H3. The van der Waals surface area contributed by atoms with Gasteiger partial charge in [0.25, 0.3) is 0 Å². The number of sulfone groups is 1. The van der Waals surface area contributed by atoms with E-state index < -0.39 is 9.84 Å². The van der Waals surface area contributed by atoms with Crippen LogP contribution < -0.4 is 5.32 Å². The van der Waals surface area contributed by atoms with Crippen LogP contribution >= 0.6 is 0 Å². The summed E-state index contributed by atoms with van der Waals surface area (Å²) in [6.07, 6.45) is 2.02. The van der Waals surface area contributed by atoms with Crippen molar-refractivity contribution in [1.82, 2.24) is 15.1 Å². The van der Waals surface area contributed by atoms with Crippen LogP contribution in [0.1, 0.15) is 12.8 Å². The van der Waals surface area contributed by atoms with E-state index in [0.717, 1.165) is 32.6 Å². The Bertz CT molecular complexity index is 370. The third kappa shape index (κ3) is 3.91. The minimum absolute atomic E-state index is 0.183. The van der Waals surface area contributed by atoms with E-state index in [-0.39, 0.29) is 6.04 Å². The lowest BCUT2D eigenvalue weighted by Gasteiger charge is -2.21. The SMILES string of the molecule is CN(C)C1CCN(CCNC2CCS(=O)(=O)C2)C1. The number of nitrogens with zero attached hydrogens (tertiary/aromatic N) is 2. The number of nitrogens with one attached hydrogen (secondary N) is 1. The van der Waals surface area contributed by atoms with Crippen LogP contribution in [0.4, 0.5) is 0 Å². The van der Waals surface area contributed by atoms with Crippen molar-refractivity contribution in [2.75, 3.05) is 51.8 Å². The monoisotopic (exact) mass is 275 g/mol. The Hall–Kier alpha value is -0.170. The van der Waals surface area contributed by atoms with Crippen LogP contribution in [0, 0.1) is 0 Å². The van der Waals surface area contributed by atoms with Gasteiger partial charge >= 0.3 is 0 Å². The highest BCUT2D eigenvalue weighted by molar-refractivity contribution is 7.91. The first-order valence-corrected chi connectivity index (χ1v) is 8.61. The molecule has 2 fully saturated rings. The maximum absolute atomic E-state index is 11.3. The van der Waals surface area contributed by atoms with E-state index in [2.05, 4.69) is 29.2 Å². The summed E-state index contributed by atoms with van der Waals surface area (Å²) in [5, 5.41) is 3.37. The highest BCUT2D eigenvalue weighted by atomic mass is 32.2. The van der Waals surface area contributed by atoms with Gasteiger partial charge in [0.15, 0.2) is 9.84 Å². The van der Waals surface area contributed by atoms with Crippen molar-refractivity contribution in [1.29, 1.82) is 0 Å². The summed E-state index contributed by atoms with van der Waals surface area (Å²) in [4.78, 5) is 4.75. The highest BCUT2D eigenvalue weighted by Crippen LogP contribution is 2.13. The van der Waals surface area contributed by atoms with Gasteiger partial charge < -0.3 is 15.1 Å². The number of hydrogen-bond donors (Lipinski definition) is 1. The van der Waals surface area contributed by atoms with Crippen LogP contribution in [0.3, 0.4) is 0 Å². The van der Waals surface area contributed by atoms with Gasteiger partial charge in [-0.25, -0.2) is 8.42 Å². The molecule has 5 nitrogen and oxygen atoms in total. The topological polar surface area (TPSA) is 52.6 Å². The molecule has 2 rings (SSSR count). The molecule has 1 N–H and O–H groups in total. The minimum Gasteiger partial charge on any atom is -0.312 e. The van der Waals surface area contributed by atoms with E-state index >= 15 is 0 Å². The van der Waals surface area contributed by atoms with Gasteiger partial charge in [0.1, 0.15) is 0 Å². The molecular formula is C12H25N3O2S. The Kier molecular flexibility index (Phi) is 4.64. The smallest absolute Gasteiger partial charge is 0.151 e. The van der Waals surface area contributed by atoms with Crippen LogP contribution in [0.15, 0.2) is 0 Å². The van der Waals surface area contributed by atoms with Crippen molar-refractivity contribution < 1.29 is 8.42 Å². The Morgan fingerprint density at radius 3 is 2.67 bits per heavy atom. The molecular weight excluding hydrogens is 250 g/mol. The second-order valence-electron chi connectivity index (χ2n) is 5.76. The van der Waals surface area contributed by atoms with Crippen molar-refractivity contribution in [2.24, 2.45) is 0 Å². The molecule has 0 amide bonds. The first-order valence-electron chi connectivity index (χ1n) is 6.79. The first-order chi connectivity index (χ1) is 8.46. The average molecular weight is 275 g/mol. The van der Waals surface area contributed by atoms with E-state index in [0.29, 0.717) is 17.5 Å². The predicted octanol–water partition coefficient (Wildman–Crippen LogP) is -0.601. The van der Waals surface area contributed by atoms with Gasteiger partial charge in [-0.15, -0.1) is 0 Å². The second kappa shape index (κ2) is 5.86. The average Bonchev–Trinajstić information content (AvgIpc) is 2.86. The molecule has 2 heterocycles. The van der Waals surface area contributed by atoms with Gasteiger partial charge in [-0.2, -0.15) is 0 Å². The van der Waals surface area contributed by atoms with Gasteiger partial charge in [0.05, 0.1) is 11.5 Å². The summed E-state index contributed by atoms with van der Waals surface area (Å²) in [5.74, 6) is 0.685. The molecule has 2 saturated heterocycles. The van der Waals surface area contributed by atoms with Gasteiger partial charge in [-0.3, -0.25) is 0 Å².